The monoisotopic (exact) mass is 241 g/mol. The average molecular weight is 241 g/mol. The fraction of sp³-hybridized carbons (Fsp3) is 0.933. The van der Waals surface area contributed by atoms with Gasteiger partial charge in [-0.3, -0.25) is 4.99 Å². The van der Waals surface area contributed by atoms with Crippen molar-refractivity contribution in [3.05, 3.63) is 0 Å². The van der Waals surface area contributed by atoms with E-state index in [1.807, 2.05) is 0 Å². The van der Waals surface area contributed by atoms with Crippen LogP contribution in [0.5, 0.6) is 0 Å². The van der Waals surface area contributed by atoms with Crippen molar-refractivity contribution < 1.29 is 4.74 Å². The highest BCUT2D eigenvalue weighted by atomic mass is 16.5. The van der Waals surface area contributed by atoms with Crippen LogP contribution in [0.2, 0.25) is 0 Å². The number of hydrogen-bond acceptors (Lipinski definition) is 2. The third kappa shape index (κ3) is 6.82. The third-order valence-corrected chi connectivity index (χ3v) is 3.16. The van der Waals surface area contributed by atoms with Crippen molar-refractivity contribution in [3.8, 4) is 0 Å². The summed E-state index contributed by atoms with van der Waals surface area (Å²) in [6.07, 6.45) is 3.53. The predicted molar refractivity (Wildman–Crippen MR) is 76.9 cm³/mol. The molecule has 17 heavy (non-hydrogen) atoms. The maximum absolute atomic E-state index is 5.23. The van der Waals surface area contributed by atoms with E-state index in [0.29, 0.717) is 17.8 Å². The molecule has 2 heteroatoms. The van der Waals surface area contributed by atoms with Gasteiger partial charge in [-0.25, -0.2) is 0 Å². The van der Waals surface area contributed by atoms with Crippen molar-refractivity contribution in [3.63, 3.8) is 0 Å². The Hall–Kier alpha value is -0.370. The molecule has 0 amide bonds. The van der Waals surface area contributed by atoms with Crippen LogP contribution in [0.1, 0.15) is 53.9 Å². The van der Waals surface area contributed by atoms with Crippen molar-refractivity contribution in [2.75, 3.05) is 20.3 Å². The average Bonchev–Trinajstić information content (AvgIpc) is 2.27. The Labute approximate surface area is 108 Å². The minimum atomic E-state index is 0.571. The topological polar surface area (TPSA) is 21.6 Å². The van der Waals surface area contributed by atoms with Crippen LogP contribution in [0, 0.1) is 17.8 Å². The molecule has 0 heterocycles. The predicted octanol–water partition coefficient (Wildman–Crippen LogP) is 4.19. The molecule has 2 atom stereocenters. The molecular formula is C15H31NO. The van der Waals surface area contributed by atoms with Crippen LogP contribution in [-0.4, -0.2) is 26.0 Å². The highest BCUT2D eigenvalue weighted by Crippen LogP contribution is 2.21. The summed E-state index contributed by atoms with van der Waals surface area (Å²) in [4.78, 5) is 4.80. The van der Waals surface area contributed by atoms with E-state index in [1.165, 1.54) is 18.6 Å². The number of hydrogen-bond donors (Lipinski definition) is 0. The summed E-state index contributed by atoms with van der Waals surface area (Å²) < 4.78 is 5.23. The Morgan fingerprint density at radius 2 is 1.82 bits per heavy atom. The first kappa shape index (κ1) is 16.6. The van der Waals surface area contributed by atoms with Gasteiger partial charge in [0, 0.05) is 26.0 Å². The Morgan fingerprint density at radius 3 is 2.24 bits per heavy atom. The van der Waals surface area contributed by atoms with E-state index in [0.717, 1.165) is 19.6 Å². The lowest BCUT2D eigenvalue weighted by atomic mass is 9.85. The van der Waals surface area contributed by atoms with E-state index in [9.17, 15) is 0 Å². The molecule has 0 aromatic carbocycles. The summed E-state index contributed by atoms with van der Waals surface area (Å²) in [6.45, 7) is 13.1. The molecule has 0 spiro atoms. The van der Waals surface area contributed by atoms with Crippen LogP contribution >= 0.6 is 0 Å². The SMILES string of the molecule is CCCN=C(C(C)C)C(CC)CC(C)COC. The Morgan fingerprint density at radius 1 is 1.18 bits per heavy atom. The molecule has 0 aliphatic rings. The zero-order valence-corrected chi connectivity index (χ0v) is 12.6. The van der Waals surface area contributed by atoms with Crippen molar-refractivity contribution in [2.45, 2.75) is 53.9 Å². The Kier molecular flexibility index (Phi) is 9.43. The van der Waals surface area contributed by atoms with Gasteiger partial charge in [0.1, 0.15) is 0 Å². The molecule has 0 aromatic rings. The van der Waals surface area contributed by atoms with Crippen LogP contribution < -0.4 is 0 Å². The second kappa shape index (κ2) is 9.64. The lowest BCUT2D eigenvalue weighted by Crippen LogP contribution is -2.23. The fourth-order valence-electron chi connectivity index (χ4n) is 2.36. The van der Waals surface area contributed by atoms with Crippen molar-refractivity contribution in [2.24, 2.45) is 22.7 Å². The number of rotatable bonds is 9. The van der Waals surface area contributed by atoms with E-state index in [4.69, 9.17) is 9.73 Å². The number of methoxy groups -OCH3 is 1. The fourth-order valence-corrected chi connectivity index (χ4v) is 2.36. The van der Waals surface area contributed by atoms with Crippen LogP contribution in [0.25, 0.3) is 0 Å². The van der Waals surface area contributed by atoms with Crippen LogP contribution in [-0.2, 0) is 4.74 Å². The second-order valence-electron chi connectivity index (χ2n) is 5.36. The van der Waals surface area contributed by atoms with Gasteiger partial charge in [-0.2, -0.15) is 0 Å². The lowest BCUT2D eigenvalue weighted by Gasteiger charge is -2.24. The molecule has 0 saturated carbocycles. The van der Waals surface area contributed by atoms with E-state index in [-0.39, 0.29) is 0 Å². The van der Waals surface area contributed by atoms with Gasteiger partial charge in [-0.15, -0.1) is 0 Å². The van der Waals surface area contributed by atoms with Gasteiger partial charge < -0.3 is 4.74 Å². The van der Waals surface area contributed by atoms with Gasteiger partial charge in [0.15, 0.2) is 0 Å². The first-order valence-electron chi connectivity index (χ1n) is 7.09. The summed E-state index contributed by atoms with van der Waals surface area (Å²) in [5, 5.41) is 0. The zero-order chi connectivity index (χ0) is 13.3. The van der Waals surface area contributed by atoms with Crippen LogP contribution in [0.15, 0.2) is 4.99 Å². The highest BCUT2D eigenvalue weighted by molar-refractivity contribution is 5.88. The minimum Gasteiger partial charge on any atom is -0.384 e. The summed E-state index contributed by atoms with van der Waals surface area (Å²) in [6, 6.07) is 0. The summed E-state index contributed by atoms with van der Waals surface area (Å²) in [5.74, 6) is 1.82. The highest BCUT2D eigenvalue weighted by Gasteiger charge is 2.19. The normalized spacial score (nSPS) is 16.3. The first-order valence-corrected chi connectivity index (χ1v) is 7.09. The largest absolute Gasteiger partial charge is 0.384 e. The van der Waals surface area contributed by atoms with Gasteiger partial charge in [0.2, 0.25) is 0 Å². The minimum absolute atomic E-state index is 0.571. The molecule has 0 radical (unpaired) electrons. The smallest absolute Gasteiger partial charge is 0.0488 e. The van der Waals surface area contributed by atoms with E-state index in [2.05, 4.69) is 34.6 Å². The molecule has 102 valence electrons. The number of nitrogens with zero attached hydrogens (tertiary/aromatic N) is 1. The quantitative estimate of drug-likeness (QED) is 0.555. The lowest BCUT2D eigenvalue weighted by molar-refractivity contribution is 0.150. The summed E-state index contributed by atoms with van der Waals surface area (Å²) >= 11 is 0. The number of ether oxygens (including phenoxy) is 1. The van der Waals surface area contributed by atoms with Gasteiger partial charge in [0.05, 0.1) is 0 Å². The summed E-state index contributed by atoms with van der Waals surface area (Å²) in [7, 11) is 1.78. The third-order valence-electron chi connectivity index (χ3n) is 3.16. The van der Waals surface area contributed by atoms with Crippen LogP contribution in [0.3, 0.4) is 0 Å². The molecule has 2 nitrogen and oxygen atoms in total. The summed E-state index contributed by atoms with van der Waals surface area (Å²) in [5.41, 5.74) is 1.41. The van der Waals surface area contributed by atoms with E-state index < -0.39 is 0 Å². The molecular weight excluding hydrogens is 210 g/mol. The molecule has 0 fully saturated rings. The zero-order valence-electron chi connectivity index (χ0n) is 12.6. The maximum atomic E-state index is 5.23. The molecule has 0 aliphatic heterocycles. The number of aliphatic imine (C=N–C) groups is 1. The maximum Gasteiger partial charge on any atom is 0.0488 e. The van der Waals surface area contributed by atoms with Gasteiger partial charge in [-0.05, 0) is 37.0 Å². The molecule has 0 N–H and O–H groups in total. The van der Waals surface area contributed by atoms with Crippen molar-refractivity contribution >= 4 is 5.71 Å². The molecule has 0 aromatic heterocycles. The second-order valence-corrected chi connectivity index (χ2v) is 5.36. The van der Waals surface area contributed by atoms with Gasteiger partial charge in [-0.1, -0.05) is 34.6 Å². The Bertz CT molecular complexity index is 211. The van der Waals surface area contributed by atoms with Crippen molar-refractivity contribution in [1.82, 2.24) is 0 Å². The Balaban J connectivity index is 4.55. The first-order chi connectivity index (χ1) is 8.06. The molecule has 0 saturated heterocycles. The van der Waals surface area contributed by atoms with Gasteiger partial charge in [0.25, 0.3) is 0 Å². The van der Waals surface area contributed by atoms with Crippen molar-refractivity contribution in [1.29, 1.82) is 0 Å². The molecule has 0 bridgehead atoms. The standard InChI is InChI=1S/C15H31NO/c1-7-9-16-15(12(3)4)14(8-2)10-13(5)11-17-6/h12-14H,7-11H2,1-6H3. The molecule has 2 unspecified atom stereocenters. The van der Waals surface area contributed by atoms with Gasteiger partial charge >= 0.3 is 0 Å². The van der Waals surface area contributed by atoms with E-state index in [1.54, 1.807) is 7.11 Å². The van der Waals surface area contributed by atoms with Crippen LogP contribution in [0.4, 0.5) is 0 Å². The molecule has 0 aliphatic carbocycles. The van der Waals surface area contributed by atoms with E-state index >= 15 is 0 Å². The molecule has 0 rings (SSSR count).